The van der Waals surface area contributed by atoms with E-state index in [9.17, 15) is 9.18 Å². The van der Waals surface area contributed by atoms with E-state index >= 15 is 0 Å². The summed E-state index contributed by atoms with van der Waals surface area (Å²) in [4.78, 5) is 15.0. The molecule has 0 unspecified atom stereocenters. The molecular weight excluding hydrogens is 383 g/mol. The second-order valence-corrected chi connectivity index (χ2v) is 7.10. The van der Waals surface area contributed by atoms with Gasteiger partial charge < -0.3 is 19.7 Å². The molecule has 0 radical (unpaired) electrons. The molecule has 0 saturated carbocycles. The predicted molar refractivity (Wildman–Crippen MR) is 114 cm³/mol. The first kappa shape index (κ1) is 19.8. The molecule has 0 bridgehead atoms. The fraction of sp³-hybridized carbons (Fsp3) is 0.208. The standard InChI is InChI=1S/C24H23FN2O3/c1-29-21-13-17-11-12-27(24(28)26-19-10-6-9-18(25)14-19)23(16-7-4-3-5-8-16)20(17)15-22(21)30-2/h3-10,13-15,23H,11-12H2,1-2H3,(H,26,28)/t23-/m1/s1. The van der Waals surface area contributed by atoms with Crippen LogP contribution in [0.5, 0.6) is 11.5 Å². The minimum Gasteiger partial charge on any atom is -0.493 e. The van der Waals surface area contributed by atoms with Gasteiger partial charge in [0.1, 0.15) is 5.82 Å². The number of ether oxygens (including phenoxy) is 2. The fourth-order valence-electron chi connectivity index (χ4n) is 3.92. The summed E-state index contributed by atoms with van der Waals surface area (Å²) in [6.45, 7) is 0.517. The van der Waals surface area contributed by atoms with Gasteiger partial charge in [0, 0.05) is 12.2 Å². The maximum absolute atomic E-state index is 13.6. The van der Waals surface area contributed by atoms with Gasteiger partial charge in [0.05, 0.1) is 20.3 Å². The maximum atomic E-state index is 13.6. The fourth-order valence-corrected chi connectivity index (χ4v) is 3.92. The van der Waals surface area contributed by atoms with E-state index in [0.29, 0.717) is 30.2 Å². The Bertz CT molecular complexity index is 1060. The quantitative estimate of drug-likeness (QED) is 0.662. The van der Waals surface area contributed by atoms with E-state index in [2.05, 4.69) is 5.32 Å². The van der Waals surface area contributed by atoms with Crippen LogP contribution in [0.15, 0.2) is 66.7 Å². The van der Waals surface area contributed by atoms with Gasteiger partial charge in [-0.25, -0.2) is 9.18 Å². The molecule has 4 rings (SSSR count). The lowest BCUT2D eigenvalue weighted by Gasteiger charge is -2.38. The van der Waals surface area contributed by atoms with Crippen molar-refractivity contribution >= 4 is 11.7 Å². The number of hydrogen-bond donors (Lipinski definition) is 1. The highest BCUT2D eigenvalue weighted by Crippen LogP contribution is 2.41. The molecule has 0 saturated heterocycles. The normalized spacial score (nSPS) is 15.3. The van der Waals surface area contributed by atoms with Crippen LogP contribution >= 0.6 is 0 Å². The zero-order chi connectivity index (χ0) is 21.1. The first-order chi connectivity index (χ1) is 14.6. The molecule has 30 heavy (non-hydrogen) atoms. The van der Waals surface area contributed by atoms with E-state index in [4.69, 9.17) is 9.47 Å². The number of methoxy groups -OCH3 is 2. The van der Waals surface area contributed by atoms with E-state index < -0.39 is 5.82 Å². The lowest BCUT2D eigenvalue weighted by molar-refractivity contribution is 0.193. The lowest BCUT2D eigenvalue weighted by atomic mass is 9.88. The highest BCUT2D eigenvalue weighted by Gasteiger charge is 2.33. The number of nitrogens with one attached hydrogen (secondary N) is 1. The average Bonchev–Trinajstić information content (AvgIpc) is 2.77. The first-order valence-electron chi connectivity index (χ1n) is 9.73. The van der Waals surface area contributed by atoms with Gasteiger partial charge in [0.15, 0.2) is 11.5 Å². The van der Waals surface area contributed by atoms with Gasteiger partial charge >= 0.3 is 6.03 Å². The third-order valence-electron chi connectivity index (χ3n) is 5.33. The van der Waals surface area contributed by atoms with E-state index in [1.54, 1.807) is 31.3 Å². The molecule has 1 N–H and O–H groups in total. The van der Waals surface area contributed by atoms with Gasteiger partial charge in [-0.15, -0.1) is 0 Å². The van der Waals surface area contributed by atoms with Crippen LogP contribution in [0.2, 0.25) is 0 Å². The van der Waals surface area contributed by atoms with Crippen molar-refractivity contribution in [1.82, 2.24) is 4.90 Å². The zero-order valence-electron chi connectivity index (χ0n) is 16.9. The summed E-state index contributed by atoms with van der Waals surface area (Å²) in [5.41, 5.74) is 3.50. The Hall–Kier alpha value is -3.54. The minimum atomic E-state index is -0.395. The Kier molecular flexibility index (Phi) is 5.57. The van der Waals surface area contributed by atoms with Crippen molar-refractivity contribution in [2.75, 3.05) is 26.1 Å². The highest BCUT2D eigenvalue weighted by molar-refractivity contribution is 5.90. The van der Waals surface area contributed by atoms with Crippen molar-refractivity contribution in [2.45, 2.75) is 12.5 Å². The molecule has 1 heterocycles. The first-order valence-corrected chi connectivity index (χ1v) is 9.73. The number of urea groups is 1. The third kappa shape index (κ3) is 3.81. The highest BCUT2D eigenvalue weighted by atomic mass is 19.1. The van der Waals surface area contributed by atoms with Gasteiger partial charge in [-0.1, -0.05) is 36.4 Å². The molecule has 2 amide bonds. The maximum Gasteiger partial charge on any atom is 0.322 e. The largest absolute Gasteiger partial charge is 0.493 e. The topological polar surface area (TPSA) is 50.8 Å². The molecule has 3 aromatic carbocycles. The van der Waals surface area contributed by atoms with E-state index in [1.165, 1.54) is 12.1 Å². The van der Waals surface area contributed by atoms with Crippen LogP contribution in [0, 0.1) is 5.82 Å². The SMILES string of the molecule is COc1cc2c(cc1OC)[C@@H](c1ccccc1)N(C(=O)Nc1cccc(F)c1)CC2. The van der Waals surface area contributed by atoms with E-state index in [0.717, 1.165) is 16.7 Å². The van der Waals surface area contributed by atoms with Gasteiger partial charge in [-0.05, 0) is 53.4 Å². The summed E-state index contributed by atoms with van der Waals surface area (Å²) in [5.74, 6) is 0.888. The molecule has 6 heteroatoms. The summed E-state index contributed by atoms with van der Waals surface area (Å²) in [6, 6.07) is 19.1. The molecule has 5 nitrogen and oxygen atoms in total. The molecule has 0 spiro atoms. The number of carbonyl (C=O) groups is 1. The number of fused-ring (bicyclic) bond motifs is 1. The van der Waals surface area contributed by atoms with Crippen molar-refractivity contribution in [3.63, 3.8) is 0 Å². The van der Waals surface area contributed by atoms with Crippen LogP contribution < -0.4 is 14.8 Å². The Morgan fingerprint density at radius 2 is 1.73 bits per heavy atom. The zero-order valence-corrected chi connectivity index (χ0v) is 16.9. The van der Waals surface area contributed by atoms with Crippen LogP contribution in [-0.2, 0) is 6.42 Å². The van der Waals surface area contributed by atoms with Crippen LogP contribution in [0.4, 0.5) is 14.9 Å². The number of rotatable bonds is 4. The average molecular weight is 406 g/mol. The number of amides is 2. The summed E-state index contributed by atoms with van der Waals surface area (Å²) in [7, 11) is 3.21. The number of nitrogens with zero attached hydrogens (tertiary/aromatic N) is 1. The monoisotopic (exact) mass is 406 g/mol. The number of halogens is 1. The summed E-state index contributed by atoms with van der Waals surface area (Å²) < 4.78 is 24.5. The van der Waals surface area contributed by atoms with E-state index in [-0.39, 0.29) is 12.1 Å². The molecule has 3 aromatic rings. The van der Waals surface area contributed by atoms with Crippen LogP contribution in [0.3, 0.4) is 0 Å². The van der Waals surface area contributed by atoms with Crippen molar-refractivity contribution in [1.29, 1.82) is 0 Å². The summed E-state index contributed by atoms with van der Waals surface area (Å²) in [5, 5.41) is 2.83. The predicted octanol–water partition coefficient (Wildman–Crippen LogP) is 5.02. The Balaban J connectivity index is 1.75. The number of hydrogen-bond acceptors (Lipinski definition) is 3. The van der Waals surface area contributed by atoms with Crippen molar-refractivity contribution in [2.24, 2.45) is 0 Å². The number of benzene rings is 3. The van der Waals surface area contributed by atoms with Crippen LogP contribution in [0.1, 0.15) is 22.7 Å². The van der Waals surface area contributed by atoms with Crippen molar-refractivity contribution < 1.29 is 18.7 Å². The van der Waals surface area contributed by atoms with Gasteiger partial charge in [0.2, 0.25) is 0 Å². The second-order valence-electron chi connectivity index (χ2n) is 7.10. The van der Waals surface area contributed by atoms with Gasteiger partial charge in [-0.3, -0.25) is 0 Å². The molecule has 1 aliphatic rings. The second kappa shape index (κ2) is 8.45. The van der Waals surface area contributed by atoms with Crippen LogP contribution in [-0.4, -0.2) is 31.7 Å². The molecule has 1 aliphatic heterocycles. The van der Waals surface area contributed by atoms with Gasteiger partial charge in [0.25, 0.3) is 0 Å². The summed E-state index contributed by atoms with van der Waals surface area (Å²) in [6.07, 6.45) is 0.676. The number of carbonyl (C=O) groups excluding carboxylic acids is 1. The Morgan fingerprint density at radius 3 is 2.43 bits per heavy atom. The van der Waals surface area contributed by atoms with E-state index in [1.807, 2.05) is 42.5 Å². The Morgan fingerprint density at radius 1 is 1.00 bits per heavy atom. The molecule has 154 valence electrons. The lowest BCUT2D eigenvalue weighted by Crippen LogP contribution is -2.43. The minimum absolute atomic E-state index is 0.283. The van der Waals surface area contributed by atoms with Gasteiger partial charge in [-0.2, -0.15) is 0 Å². The van der Waals surface area contributed by atoms with Crippen LogP contribution in [0.25, 0.3) is 0 Å². The third-order valence-corrected chi connectivity index (χ3v) is 5.33. The summed E-state index contributed by atoms with van der Waals surface area (Å²) >= 11 is 0. The number of anilines is 1. The molecule has 0 fully saturated rings. The Labute approximate surface area is 175 Å². The molecule has 0 aromatic heterocycles. The van der Waals surface area contributed by atoms with Crippen molar-refractivity contribution in [3.05, 3.63) is 89.2 Å². The van der Waals surface area contributed by atoms with Crippen molar-refractivity contribution in [3.8, 4) is 11.5 Å². The smallest absolute Gasteiger partial charge is 0.322 e. The molecule has 1 atom stereocenters. The molecular formula is C24H23FN2O3. The molecule has 0 aliphatic carbocycles.